The molecule has 6 N–H and O–H groups in total. The summed E-state index contributed by atoms with van der Waals surface area (Å²) in [7, 11) is -18.9. The summed E-state index contributed by atoms with van der Waals surface area (Å²) in [5, 5.41) is 11.7. The second-order valence-corrected chi connectivity index (χ2v) is 15.6. The Morgan fingerprint density at radius 1 is 0.682 bits per heavy atom. The number of hydrogen-bond donors (Lipinski definition) is 6. The molecule has 44 heavy (non-hydrogen) atoms. The van der Waals surface area contributed by atoms with Gasteiger partial charge in [-0.15, -0.1) is 0 Å². The lowest BCUT2D eigenvalue weighted by molar-refractivity contribution is 0.262. The highest BCUT2D eigenvalue weighted by atomic mass is 32.2. The number of amides is 2. The summed E-state index contributed by atoms with van der Waals surface area (Å²) in [5.41, 5.74) is 0.397. The van der Waals surface area contributed by atoms with Gasteiger partial charge in [-0.05, 0) is 66.7 Å². The second kappa shape index (κ2) is 11.8. The van der Waals surface area contributed by atoms with Crippen molar-refractivity contribution in [2.45, 2.75) is 14.7 Å². The standard InChI is InChI=1S/C24H21N4O12PS3/c1-41(30,31)18-4-2-3-16(9-18)26-24(29)25-14-5-7-15(8-6-14)27-28-17-10-20-21(22(11-17)43(35,36)37)12-19(42(32,33)34)13-23(20)44(38,39)40/h2-13H,1H3,(H,30,31)(H2,25,26,29)(H,32,33,34)(H,35,36,37)(H,38,39,40)/b28-27+. The average Bonchev–Trinajstić information content (AvgIpc) is 2.89. The maximum absolute atomic E-state index is 12.4. The van der Waals surface area contributed by atoms with Crippen molar-refractivity contribution >= 4 is 82.6 Å². The molecule has 0 aliphatic heterocycles. The Morgan fingerprint density at radius 2 is 1.23 bits per heavy atom. The predicted octanol–water partition coefficient (Wildman–Crippen LogP) is 4.16. The van der Waals surface area contributed by atoms with E-state index in [9.17, 15) is 53.2 Å². The number of carbonyl (C=O) groups is 1. The minimum atomic E-state index is -5.19. The van der Waals surface area contributed by atoms with E-state index in [1.165, 1.54) is 48.5 Å². The summed E-state index contributed by atoms with van der Waals surface area (Å²) in [5.74, 6) is 0. The lowest BCUT2D eigenvalue weighted by Gasteiger charge is -2.11. The maximum atomic E-state index is 12.4. The van der Waals surface area contributed by atoms with E-state index >= 15 is 0 Å². The SMILES string of the molecule is CP(=O)(O)c1cccc(NC(=O)Nc2ccc(/N=N/c3cc(S(=O)(=O)O)c4cc(S(=O)(=O)O)cc(S(=O)(=O)O)c4c3)cc2)c1. The first-order valence-corrected chi connectivity index (χ1v) is 18.2. The van der Waals surface area contributed by atoms with Crippen LogP contribution in [0.25, 0.3) is 10.8 Å². The fourth-order valence-electron chi connectivity index (χ4n) is 3.85. The van der Waals surface area contributed by atoms with Crippen LogP contribution >= 0.6 is 7.37 Å². The molecule has 232 valence electrons. The van der Waals surface area contributed by atoms with Crippen LogP contribution in [0.2, 0.25) is 0 Å². The van der Waals surface area contributed by atoms with E-state index < -0.39 is 69.2 Å². The van der Waals surface area contributed by atoms with Gasteiger partial charge in [0.15, 0.2) is 0 Å². The van der Waals surface area contributed by atoms with Gasteiger partial charge < -0.3 is 15.5 Å². The Balaban J connectivity index is 1.63. The molecule has 0 aromatic heterocycles. The van der Waals surface area contributed by atoms with Crippen molar-refractivity contribution in [1.29, 1.82) is 0 Å². The third-order valence-electron chi connectivity index (χ3n) is 5.80. The van der Waals surface area contributed by atoms with Gasteiger partial charge in [0.05, 0.1) is 16.3 Å². The maximum Gasteiger partial charge on any atom is 0.323 e. The fraction of sp³-hybridized carbons (Fsp3) is 0.0417. The van der Waals surface area contributed by atoms with E-state index in [0.29, 0.717) is 17.8 Å². The molecule has 16 nitrogen and oxygen atoms in total. The molecule has 0 aliphatic carbocycles. The van der Waals surface area contributed by atoms with Crippen LogP contribution in [0.5, 0.6) is 0 Å². The summed E-state index contributed by atoms with van der Waals surface area (Å²) >= 11 is 0. The molecule has 0 spiro atoms. The van der Waals surface area contributed by atoms with Crippen molar-refractivity contribution in [3.05, 3.63) is 72.8 Å². The molecule has 0 saturated carbocycles. The Labute approximate surface area is 250 Å². The monoisotopic (exact) mass is 684 g/mol. The lowest BCUT2D eigenvalue weighted by atomic mass is 10.1. The lowest BCUT2D eigenvalue weighted by Crippen LogP contribution is -2.20. The molecule has 1 unspecified atom stereocenters. The van der Waals surface area contributed by atoms with Crippen LogP contribution in [0.4, 0.5) is 27.5 Å². The summed E-state index contributed by atoms with van der Waals surface area (Å²) in [6.45, 7) is 1.16. The topological polar surface area (TPSA) is 266 Å². The van der Waals surface area contributed by atoms with Crippen molar-refractivity contribution in [1.82, 2.24) is 0 Å². The summed E-state index contributed by atoms with van der Waals surface area (Å²) < 4.78 is 112. The number of anilines is 2. The van der Waals surface area contributed by atoms with Crippen LogP contribution in [-0.4, -0.2) is 56.5 Å². The number of azo groups is 1. The van der Waals surface area contributed by atoms with Crippen LogP contribution < -0.4 is 15.9 Å². The van der Waals surface area contributed by atoms with Gasteiger partial charge in [-0.3, -0.25) is 18.2 Å². The number of benzene rings is 4. The molecule has 1 atom stereocenters. The molecule has 0 heterocycles. The van der Waals surface area contributed by atoms with Gasteiger partial charge in [0.2, 0.25) is 7.37 Å². The van der Waals surface area contributed by atoms with Gasteiger partial charge in [-0.1, -0.05) is 6.07 Å². The number of carbonyl (C=O) groups excluding carboxylic acids is 1. The van der Waals surface area contributed by atoms with E-state index in [0.717, 1.165) is 18.8 Å². The van der Waals surface area contributed by atoms with Gasteiger partial charge in [-0.25, -0.2) is 4.79 Å². The van der Waals surface area contributed by atoms with Gasteiger partial charge in [0.1, 0.15) is 9.79 Å². The van der Waals surface area contributed by atoms with Crippen LogP contribution in [0.15, 0.2) is 97.7 Å². The van der Waals surface area contributed by atoms with Crippen LogP contribution in [0.3, 0.4) is 0 Å². The third kappa shape index (κ3) is 7.90. The highest BCUT2D eigenvalue weighted by Gasteiger charge is 2.25. The first-order valence-electron chi connectivity index (χ1n) is 11.8. The van der Waals surface area contributed by atoms with E-state index in [4.69, 9.17) is 0 Å². The summed E-state index contributed by atoms with van der Waals surface area (Å²) in [6, 6.07) is 13.5. The van der Waals surface area contributed by atoms with Crippen molar-refractivity contribution in [2.24, 2.45) is 10.2 Å². The largest absolute Gasteiger partial charge is 0.341 e. The van der Waals surface area contributed by atoms with Crippen LogP contribution in [0, 0.1) is 0 Å². The zero-order chi connectivity index (χ0) is 32.7. The van der Waals surface area contributed by atoms with Gasteiger partial charge in [0.25, 0.3) is 30.4 Å². The molecule has 4 aromatic rings. The smallest absolute Gasteiger partial charge is 0.323 e. The van der Waals surface area contributed by atoms with E-state index in [1.54, 1.807) is 0 Å². The molecule has 2 amide bonds. The first kappa shape index (κ1) is 32.8. The van der Waals surface area contributed by atoms with Gasteiger partial charge in [-0.2, -0.15) is 35.5 Å². The van der Waals surface area contributed by atoms with Crippen LogP contribution in [0.1, 0.15) is 0 Å². The Hall–Kier alpha value is -4.07. The molecule has 0 aliphatic rings. The zero-order valence-corrected chi connectivity index (χ0v) is 25.4. The number of nitrogens with zero attached hydrogens (tertiary/aromatic N) is 2. The van der Waals surface area contributed by atoms with Crippen molar-refractivity contribution in [3.63, 3.8) is 0 Å². The Morgan fingerprint density at radius 3 is 1.80 bits per heavy atom. The fourth-order valence-corrected chi connectivity index (χ4v) is 6.64. The average molecular weight is 685 g/mol. The number of urea groups is 1. The van der Waals surface area contributed by atoms with Gasteiger partial charge in [0, 0.05) is 34.1 Å². The van der Waals surface area contributed by atoms with E-state index in [-0.39, 0.29) is 22.4 Å². The molecule has 0 radical (unpaired) electrons. The molecule has 0 fully saturated rings. The second-order valence-electron chi connectivity index (χ2n) is 9.14. The van der Waals surface area contributed by atoms with Crippen molar-refractivity contribution < 1.29 is 53.2 Å². The molecular formula is C24H21N4O12PS3. The quantitative estimate of drug-likeness (QED) is 0.0868. The third-order valence-corrected chi connectivity index (χ3v) is 9.65. The minimum Gasteiger partial charge on any atom is -0.341 e. The van der Waals surface area contributed by atoms with Crippen molar-refractivity contribution in [3.8, 4) is 0 Å². The minimum absolute atomic E-state index is 0.150. The highest BCUT2D eigenvalue weighted by Crippen LogP contribution is 2.36. The molecule has 0 bridgehead atoms. The first-order chi connectivity index (χ1) is 20.2. The van der Waals surface area contributed by atoms with Crippen molar-refractivity contribution in [2.75, 3.05) is 17.3 Å². The molecule has 0 saturated heterocycles. The Kier molecular flexibility index (Phi) is 8.80. The molecule has 4 aromatic carbocycles. The number of hydrogen-bond acceptors (Lipinski definition) is 10. The van der Waals surface area contributed by atoms with Gasteiger partial charge >= 0.3 is 6.03 Å². The number of nitrogens with one attached hydrogen (secondary N) is 2. The zero-order valence-electron chi connectivity index (χ0n) is 22.0. The molecule has 4 rings (SSSR count). The predicted molar refractivity (Wildman–Crippen MR) is 158 cm³/mol. The summed E-state index contributed by atoms with van der Waals surface area (Å²) in [4.78, 5) is 18.9. The Bertz CT molecular complexity index is 2220. The molecular weight excluding hydrogens is 663 g/mol. The van der Waals surface area contributed by atoms with E-state index in [1.807, 2.05) is 0 Å². The highest BCUT2D eigenvalue weighted by molar-refractivity contribution is 7.87. The number of rotatable bonds is 8. The summed E-state index contributed by atoms with van der Waals surface area (Å²) in [6.07, 6.45) is 0. The normalized spacial score (nSPS) is 13.9. The van der Waals surface area contributed by atoms with E-state index in [2.05, 4.69) is 20.9 Å². The number of fused-ring (bicyclic) bond motifs is 1. The molecule has 20 heteroatoms. The van der Waals surface area contributed by atoms with Crippen LogP contribution in [-0.2, 0) is 34.9 Å².